The van der Waals surface area contributed by atoms with Crippen molar-refractivity contribution in [2.45, 2.75) is 12.5 Å². The Bertz CT molecular complexity index is 1000. The molecule has 1 unspecified atom stereocenters. The maximum atomic E-state index is 13.7. The van der Waals surface area contributed by atoms with Gasteiger partial charge in [-0.05, 0) is 59.3 Å². The van der Waals surface area contributed by atoms with Gasteiger partial charge in [-0.1, -0.05) is 12.1 Å². The molecule has 0 saturated carbocycles. The normalized spacial score (nSPS) is 15.8. The van der Waals surface area contributed by atoms with Crippen LogP contribution in [-0.4, -0.2) is 31.6 Å². The fraction of sp³-hybridized carbons (Fsp3) is 0.227. The highest BCUT2D eigenvalue weighted by molar-refractivity contribution is 7.10. The van der Waals surface area contributed by atoms with Gasteiger partial charge in [0.15, 0.2) is 11.5 Å². The summed E-state index contributed by atoms with van der Waals surface area (Å²) in [5.74, 6) is 0.708. The van der Waals surface area contributed by atoms with Gasteiger partial charge in [-0.3, -0.25) is 4.79 Å². The van der Waals surface area contributed by atoms with E-state index in [1.54, 1.807) is 37.7 Å². The molecule has 0 bridgehead atoms. The Morgan fingerprint density at radius 3 is 2.57 bits per heavy atom. The molecule has 0 radical (unpaired) electrons. The van der Waals surface area contributed by atoms with Crippen LogP contribution in [0.1, 0.15) is 32.4 Å². The van der Waals surface area contributed by atoms with Crippen molar-refractivity contribution in [1.29, 1.82) is 0 Å². The molecule has 6 heteroatoms. The zero-order valence-corrected chi connectivity index (χ0v) is 16.5. The van der Waals surface area contributed by atoms with Crippen LogP contribution in [-0.2, 0) is 6.42 Å². The third kappa shape index (κ3) is 3.24. The number of rotatable bonds is 4. The van der Waals surface area contributed by atoms with E-state index in [9.17, 15) is 9.18 Å². The summed E-state index contributed by atoms with van der Waals surface area (Å²) in [4.78, 5) is 16.1. The molecule has 144 valence electrons. The number of hydrogen-bond acceptors (Lipinski definition) is 4. The van der Waals surface area contributed by atoms with E-state index >= 15 is 0 Å². The van der Waals surface area contributed by atoms with Crippen LogP contribution in [0.25, 0.3) is 0 Å². The van der Waals surface area contributed by atoms with Gasteiger partial charge in [0, 0.05) is 17.0 Å². The lowest BCUT2D eigenvalue weighted by molar-refractivity contribution is 0.0696. The molecule has 28 heavy (non-hydrogen) atoms. The smallest absolute Gasteiger partial charge is 0.254 e. The predicted octanol–water partition coefficient (Wildman–Crippen LogP) is 4.69. The highest BCUT2D eigenvalue weighted by atomic mass is 32.1. The van der Waals surface area contributed by atoms with Crippen molar-refractivity contribution in [1.82, 2.24) is 4.90 Å². The summed E-state index contributed by atoms with van der Waals surface area (Å²) >= 11 is 1.60. The summed E-state index contributed by atoms with van der Waals surface area (Å²) in [6.07, 6.45) is 0.693. The van der Waals surface area contributed by atoms with Crippen LogP contribution in [0.2, 0.25) is 0 Å². The Balaban J connectivity index is 1.82. The van der Waals surface area contributed by atoms with Gasteiger partial charge >= 0.3 is 0 Å². The van der Waals surface area contributed by atoms with Gasteiger partial charge in [0.2, 0.25) is 0 Å². The highest BCUT2D eigenvalue weighted by Gasteiger charge is 2.34. The molecule has 3 aromatic rings. The highest BCUT2D eigenvalue weighted by Crippen LogP contribution is 2.42. The first-order valence-electron chi connectivity index (χ1n) is 8.97. The number of amides is 1. The van der Waals surface area contributed by atoms with Crippen molar-refractivity contribution in [3.8, 4) is 11.5 Å². The minimum atomic E-state index is -0.415. The second kappa shape index (κ2) is 7.64. The number of nitrogens with zero attached hydrogens (tertiary/aromatic N) is 1. The van der Waals surface area contributed by atoms with E-state index in [1.165, 1.54) is 12.1 Å². The fourth-order valence-corrected chi connectivity index (χ4v) is 4.56. The Morgan fingerprint density at radius 2 is 1.89 bits per heavy atom. The molecule has 0 saturated heterocycles. The van der Waals surface area contributed by atoms with E-state index < -0.39 is 5.82 Å². The van der Waals surface area contributed by atoms with E-state index in [0.29, 0.717) is 30.0 Å². The molecule has 1 aromatic heterocycles. The summed E-state index contributed by atoms with van der Waals surface area (Å²) < 4.78 is 24.6. The Hall–Kier alpha value is -2.86. The van der Waals surface area contributed by atoms with Crippen molar-refractivity contribution in [3.05, 3.63) is 81.3 Å². The average molecular weight is 397 g/mol. The second-order valence-corrected chi connectivity index (χ2v) is 7.56. The monoisotopic (exact) mass is 397 g/mol. The van der Waals surface area contributed by atoms with Gasteiger partial charge in [0.05, 0.1) is 20.3 Å². The van der Waals surface area contributed by atoms with Crippen LogP contribution in [0.15, 0.2) is 53.9 Å². The van der Waals surface area contributed by atoms with E-state index in [-0.39, 0.29) is 11.9 Å². The van der Waals surface area contributed by atoms with E-state index in [2.05, 4.69) is 0 Å². The van der Waals surface area contributed by atoms with Crippen LogP contribution in [0, 0.1) is 5.82 Å². The lowest BCUT2D eigenvalue weighted by Crippen LogP contribution is -2.40. The first-order chi connectivity index (χ1) is 13.6. The summed E-state index contributed by atoms with van der Waals surface area (Å²) in [7, 11) is 3.21. The molecule has 1 aliphatic rings. The van der Waals surface area contributed by atoms with Crippen LogP contribution >= 0.6 is 11.3 Å². The number of halogens is 1. The zero-order valence-electron chi connectivity index (χ0n) is 15.6. The predicted molar refractivity (Wildman–Crippen MR) is 107 cm³/mol. The number of carbonyl (C=O) groups excluding carboxylic acids is 1. The molecule has 0 fully saturated rings. The van der Waals surface area contributed by atoms with Gasteiger partial charge in [-0.15, -0.1) is 11.3 Å². The fourth-order valence-electron chi connectivity index (χ4n) is 3.71. The van der Waals surface area contributed by atoms with Crippen LogP contribution < -0.4 is 9.47 Å². The quantitative estimate of drug-likeness (QED) is 0.641. The maximum absolute atomic E-state index is 13.7. The number of methoxy groups -OCH3 is 2. The standard InChI is InChI=1S/C22H20FNO3S/c1-26-18-12-14-8-9-24(22(25)15-5-3-6-16(23)11-15)21(20-7-4-10-28-20)17(14)13-19(18)27-2/h3-7,10-13,21H,8-9H2,1-2H3. The lowest BCUT2D eigenvalue weighted by atomic mass is 9.90. The number of ether oxygens (including phenoxy) is 2. The minimum Gasteiger partial charge on any atom is -0.493 e. The molecule has 0 aliphatic carbocycles. The molecular weight excluding hydrogens is 377 g/mol. The Morgan fingerprint density at radius 1 is 1.11 bits per heavy atom. The second-order valence-electron chi connectivity index (χ2n) is 6.58. The number of fused-ring (bicyclic) bond motifs is 1. The topological polar surface area (TPSA) is 38.8 Å². The third-order valence-electron chi connectivity index (χ3n) is 5.02. The number of carbonyl (C=O) groups is 1. The summed E-state index contributed by atoms with van der Waals surface area (Å²) in [6, 6.07) is 13.5. The van der Waals surface area contributed by atoms with Crippen molar-refractivity contribution < 1.29 is 18.7 Å². The van der Waals surface area contributed by atoms with Gasteiger partial charge < -0.3 is 14.4 Å². The molecule has 0 N–H and O–H groups in total. The van der Waals surface area contributed by atoms with E-state index in [4.69, 9.17) is 9.47 Å². The Kier molecular flexibility index (Phi) is 5.05. The van der Waals surface area contributed by atoms with E-state index in [0.717, 1.165) is 16.0 Å². The number of thiophene rings is 1. The number of benzene rings is 2. The first-order valence-corrected chi connectivity index (χ1v) is 9.85. The van der Waals surface area contributed by atoms with Crippen molar-refractivity contribution in [2.24, 2.45) is 0 Å². The Labute approximate surface area is 167 Å². The van der Waals surface area contributed by atoms with E-state index in [1.807, 2.05) is 34.5 Å². The van der Waals surface area contributed by atoms with Crippen molar-refractivity contribution in [2.75, 3.05) is 20.8 Å². The van der Waals surface area contributed by atoms with Crippen molar-refractivity contribution >= 4 is 17.2 Å². The molecule has 4 rings (SSSR count). The van der Waals surface area contributed by atoms with Gasteiger partial charge in [0.25, 0.3) is 5.91 Å². The molecule has 1 atom stereocenters. The zero-order chi connectivity index (χ0) is 19.7. The molecule has 0 spiro atoms. The summed E-state index contributed by atoms with van der Waals surface area (Å²) in [6.45, 7) is 0.542. The van der Waals surface area contributed by atoms with Crippen molar-refractivity contribution in [3.63, 3.8) is 0 Å². The largest absolute Gasteiger partial charge is 0.493 e. The maximum Gasteiger partial charge on any atom is 0.254 e. The molecule has 4 nitrogen and oxygen atoms in total. The van der Waals surface area contributed by atoms with Crippen LogP contribution in [0.5, 0.6) is 11.5 Å². The summed E-state index contributed by atoms with van der Waals surface area (Å²) in [5, 5.41) is 2.00. The SMILES string of the molecule is COc1cc2c(cc1OC)C(c1cccs1)N(C(=O)c1cccc(F)c1)CC2. The minimum absolute atomic E-state index is 0.182. The summed E-state index contributed by atoms with van der Waals surface area (Å²) in [5.41, 5.74) is 2.49. The van der Waals surface area contributed by atoms with Crippen LogP contribution in [0.4, 0.5) is 4.39 Å². The molecule has 2 aromatic carbocycles. The number of hydrogen-bond donors (Lipinski definition) is 0. The van der Waals surface area contributed by atoms with Gasteiger partial charge in [-0.25, -0.2) is 4.39 Å². The molecule has 1 aliphatic heterocycles. The average Bonchev–Trinajstić information content (AvgIpc) is 3.25. The molecule has 1 amide bonds. The van der Waals surface area contributed by atoms with Gasteiger partial charge in [0.1, 0.15) is 5.82 Å². The van der Waals surface area contributed by atoms with Crippen LogP contribution in [0.3, 0.4) is 0 Å². The molecular formula is C22H20FNO3S. The lowest BCUT2D eigenvalue weighted by Gasteiger charge is -2.37. The third-order valence-corrected chi connectivity index (χ3v) is 5.94. The van der Waals surface area contributed by atoms with Gasteiger partial charge in [-0.2, -0.15) is 0 Å². The molecule has 2 heterocycles. The first kappa shape index (κ1) is 18.5.